The van der Waals surface area contributed by atoms with Gasteiger partial charge < -0.3 is 15.6 Å². The van der Waals surface area contributed by atoms with Gasteiger partial charge in [0.1, 0.15) is 17.0 Å². The number of hydrogen-bond donors (Lipinski definition) is 3. The average Bonchev–Trinajstić information content (AvgIpc) is 3.44. The van der Waals surface area contributed by atoms with E-state index in [1.165, 1.54) is 18.8 Å². The van der Waals surface area contributed by atoms with Crippen LogP contribution in [0, 0.1) is 5.82 Å². The number of fused-ring (bicyclic) bond motifs is 2. The van der Waals surface area contributed by atoms with Crippen LogP contribution in [-0.2, 0) is 0 Å². The van der Waals surface area contributed by atoms with Gasteiger partial charge in [0.25, 0.3) is 0 Å². The summed E-state index contributed by atoms with van der Waals surface area (Å²) < 4.78 is 15.7. The number of H-pyrrole nitrogens is 2. The largest absolute Gasteiger partial charge is 0.397 e. The van der Waals surface area contributed by atoms with Crippen LogP contribution in [0.25, 0.3) is 44.7 Å². The molecule has 0 bridgehead atoms. The highest BCUT2D eigenvalue weighted by Crippen LogP contribution is 2.34. The van der Waals surface area contributed by atoms with E-state index in [9.17, 15) is 0 Å². The third-order valence-electron chi connectivity index (χ3n) is 5.86. The van der Waals surface area contributed by atoms with Crippen molar-refractivity contribution in [3.63, 3.8) is 0 Å². The summed E-state index contributed by atoms with van der Waals surface area (Å²) in [4.78, 5) is 23.3. The predicted octanol–water partition coefficient (Wildman–Crippen LogP) is 3.67. The van der Waals surface area contributed by atoms with Crippen LogP contribution < -0.4 is 10.6 Å². The third kappa shape index (κ3) is 2.95. The van der Waals surface area contributed by atoms with Gasteiger partial charge in [-0.1, -0.05) is 0 Å². The Morgan fingerprint density at radius 2 is 1.94 bits per heavy atom. The molecule has 0 radical (unpaired) electrons. The Balaban J connectivity index is 1.50. The summed E-state index contributed by atoms with van der Waals surface area (Å²) in [5, 5.41) is 7.39. The Kier molecular flexibility index (Phi) is 4.23. The molecule has 5 aromatic heterocycles. The summed E-state index contributed by atoms with van der Waals surface area (Å²) in [6.07, 6.45) is 9.79. The molecule has 0 spiro atoms. The maximum atomic E-state index is 15.7. The van der Waals surface area contributed by atoms with E-state index in [-0.39, 0.29) is 5.39 Å². The van der Waals surface area contributed by atoms with Crippen molar-refractivity contribution in [3.8, 4) is 22.6 Å². The highest BCUT2D eigenvalue weighted by atomic mass is 19.1. The van der Waals surface area contributed by atoms with E-state index in [0.29, 0.717) is 34.0 Å². The molecule has 0 saturated carbocycles. The number of aromatic nitrogens is 7. The van der Waals surface area contributed by atoms with E-state index in [2.05, 4.69) is 35.0 Å². The fourth-order valence-corrected chi connectivity index (χ4v) is 4.30. The lowest BCUT2D eigenvalue weighted by Crippen LogP contribution is -2.30. The fourth-order valence-electron chi connectivity index (χ4n) is 4.30. The zero-order valence-electron chi connectivity index (χ0n) is 17.1. The van der Waals surface area contributed by atoms with Crippen LogP contribution in [0.4, 0.5) is 15.9 Å². The molecule has 0 atom stereocenters. The van der Waals surface area contributed by atoms with Crippen molar-refractivity contribution in [2.45, 2.75) is 19.3 Å². The van der Waals surface area contributed by atoms with Gasteiger partial charge in [-0.05, 0) is 31.4 Å². The smallest absolute Gasteiger partial charge is 0.160 e. The van der Waals surface area contributed by atoms with Gasteiger partial charge in [0.05, 0.1) is 16.6 Å². The molecule has 0 aromatic carbocycles. The molecule has 1 aliphatic rings. The molecular weight excluding hydrogens is 409 g/mol. The van der Waals surface area contributed by atoms with E-state index in [1.807, 2.05) is 6.07 Å². The highest BCUT2D eigenvalue weighted by molar-refractivity contribution is 5.96. The Labute approximate surface area is 181 Å². The number of halogens is 1. The summed E-state index contributed by atoms with van der Waals surface area (Å²) in [5.41, 5.74) is 9.41. The Hall–Kier alpha value is -4.08. The summed E-state index contributed by atoms with van der Waals surface area (Å²) in [5.74, 6) is 0.844. The minimum atomic E-state index is -0.457. The molecule has 6 rings (SSSR count). The SMILES string of the molecule is Nc1cncc(-c2cnc3[nH]nc(-c4nc5c(N6CCCCC6)nccc5[nH]4)c3c2F)c1. The normalized spacial score (nSPS) is 14.5. The number of imidazole rings is 1. The number of piperidine rings is 1. The number of pyridine rings is 3. The molecular formula is C22H20FN9. The molecule has 5 aromatic rings. The van der Waals surface area contributed by atoms with Crippen LogP contribution in [0.15, 0.2) is 36.9 Å². The number of aromatic amines is 2. The minimum Gasteiger partial charge on any atom is -0.397 e. The van der Waals surface area contributed by atoms with Crippen molar-refractivity contribution >= 4 is 33.6 Å². The zero-order valence-corrected chi connectivity index (χ0v) is 17.1. The van der Waals surface area contributed by atoms with E-state index in [4.69, 9.17) is 10.7 Å². The van der Waals surface area contributed by atoms with Gasteiger partial charge in [0, 0.05) is 49.0 Å². The molecule has 4 N–H and O–H groups in total. The van der Waals surface area contributed by atoms with Crippen molar-refractivity contribution in [2.24, 2.45) is 0 Å². The Morgan fingerprint density at radius 3 is 2.78 bits per heavy atom. The Morgan fingerprint density at radius 1 is 1.06 bits per heavy atom. The van der Waals surface area contributed by atoms with Crippen LogP contribution in [0.2, 0.25) is 0 Å². The lowest BCUT2D eigenvalue weighted by Gasteiger charge is -2.27. The summed E-state index contributed by atoms with van der Waals surface area (Å²) >= 11 is 0. The lowest BCUT2D eigenvalue weighted by atomic mass is 10.1. The molecule has 0 aliphatic carbocycles. The van der Waals surface area contributed by atoms with Gasteiger partial charge in [0.15, 0.2) is 17.3 Å². The molecule has 9 nitrogen and oxygen atoms in total. The molecule has 6 heterocycles. The van der Waals surface area contributed by atoms with Crippen molar-refractivity contribution in [1.29, 1.82) is 0 Å². The number of nitrogens with two attached hydrogens (primary N) is 1. The van der Waals surface area contributed by atoms with Gasteiger partial charge >= 0.3 is 0 Å². The van der Waals surface area contributed by atoms with Gasteiger partial charge in [-0.15, -0.1) is 0 Å². The van der Waals surface area contributed by atoms with Crippen LogP contribution in [0.1, 0.15) is 19.3 Å². The monoisotopic (exact) mass is 429 g/mol. The molecule has 0 unspecified atom stereocenters. The molecule has 1 fully saturated rings. The predicted molar refractivity (Wildman–Crippen MR) is 120 cm³/mol. The summed E-state index contributed by atoms with van der Waals surface area (Å²) in [6, 6.07) is 3.53. The van der Waals surface area contributed by atoms with Crippen LogP contribution in [0.3, 0.4) is 0 Å². The number of nitrogens with one attached hydrogen (secondary N) is 2. The molecule has 10 heteroatoms. The number of anilines is 2. The zero-order chi connectivity index (χ0) is 21.7. The van der Waals surface area contributed by atoms with Crippen molar-refractivity contribution < 1.29 is 4.39 Å². The first-order valence-electron chi connectivity index (χ1n) is 10.5. The van der Waals surface area contributed by atoms with Gasteiger partial charge in [-0.3, -0.25) is 10.1 Å². The molecule has 1 saturated heterocycles. The van der Waals surface area contributed by atoms with Crippen LogP contribution in [-0.4, -0.2) is 48.2 Å². The summed E-state index contributed by atoms with van der Waals surface area (Å²) in [6.45, 7) is 1.91. The van der Waals surface area contributed by atoms with E-state index in [0.717, 1.165) is 42.8 Å². The fraction of sp³-hybridized carbons (Fsp3) is 0.227. The number of nitrogens with zero attached hydrogens (tertiary/aromatic N) is 6. The molecule has 1 aliphatic heterocycles. The van der Waals surface area contributed by atoms with Gasteiger partial charge in [-0.2, -0.15) is 5.10 Å². The first-order chi connectivity index (χ1) is 15.7. The number of rotatable bonds is 3. The molecule has 0 amide bonds. The van der Waals surface area contributed by atoms with Crippen LogP contribution >= 0.6 is 0 Å². The van der Waals surface area contributed by atoms with E-state index in [1.54, 1.807) is 18.5 Å². The maximum absolute atomic E-state index is 15.7. The van der Waals surface area contributed by atoms with Crippen molar-refractivity contribution in [3.05, 3.63) is 42.7 Å². The first-order valence-corrected chi connectivity index (χ1v) is 10.5. The highest BCUT2D eigenvalue weighted by Gasteiger charge is 2.22. The first kappa shape index (κ1) is 18.7. The van der Waals surface area contributed by atoms with Gasteiger partial charge in [-0.25, -0.2) is 19.3 Å². The standard InChI is InChI=1S/C22H20FN9/c23-17-14(12-8-13(24)10-25-9-12)11-27-20-16(17)19(30-31-20)21-28-15-4-5-26-22(18(15)29-21)32-6-2-1-3-7-32/h4-5,8-11H,1-3,6-7,24H2,(H,28,29)(H,27,30,31). The van der Waals surface area contributed by atoms with Crippen LogP contribution in [0.5, 0.6) is 0 Å². The maximum Gasteiger partial charge on any atom is 0.160 e. The second-order valence-electron chi connectivity index (χ2n) is 7.95. The molecule has 160 valence electrons. The topological polar surface area (TPSA) is 125 Å². The second-order valence-corrected chi connectivity index (χ2v) is 7.95. The Bertz CT molecular complexity index is 1450. The lowest BCUT2D eigenvalue weighted by molar-refractivity contribution is 0.574. The number of hydrogen-bond acceptors (Lipinski definition) is 7. The van der Waals surface area contributed by atoms with Gasteiger partial charge in [0.2, 0.25) is 0 Å². The van der Waals surface area contributed by atoms with Crippen molar-refractivity contribution in [2.75, 3.05) is 23.7 Å². The van der Waals surface area contributed by atoms with E-state index >= 15 is 4.39 Å². The minimum absolute atomic E-state index is 0.261. The average molecular weight is 429 g/mol. The second kappa shape index (κ2) is 7.26. The quantitative estimate of drug-likeness (QED) is 0.399. The third-order valence-corrected chi connectivity index (χ3v) is 5.86. The number of nitrogen functional groups attached to an aromatic ring is 1. The molecule has 32 heavy (non-hydrogen) atoms. The van der Waals surface area contributed by atoms with Crippen molar-refractivity contribution in [1.82, 2.24) is 35.1 Å². The summed E-state index contributed by atoms with van der Waals surface area (Å²) in [7, 11) is 0. The van der Waals surface area contributed by atoms with E-state index < -0.39 is 5.82 Å².